The lowest BCUT2D eigenvalue weighted by atomic mass is 10.00. The van der Waals surface area contributed by atoms with E-state index in [2.05, 4.69) is 16.9 Å². The molecule has 5 heteroatoms. The molecular formula is C16H27N3O2. The van der Waals surface area contributed by atoms with Crippen molar-refractivity contribution in [3.63, 3.8) is 0 Å². The molecule has 1 heterocycles. The van der Waals surface area contributed by atoms with Crippen molar-refractivity contribution in [3.05, 3.63) is 24.1 Å². The van der Waals surface area contributed by atoms with E-state index in [0.29, 0.717) is 12.5 Å². The molecule has 1 aromatic rings. The lowest BCUT2D eigenvalue weighted by Gasteiger charge is -2.26. The smallest absolute Gasteiger partial charge is 0.233 e. The van der Waals surface area contributed by atoms with E-state index < -0.39 is 5.60 Å². The lowest BCUT2D eigenvalue weighted by Crippen LogP contribution is -2.35. The standard InChI is InChI=1S/C16H27N3O2/c1-8-14(16(5,6)21-9-2)18-15(20-7)13(4)19-10-12(3)17-11-19/h10-11H,8-9H2,1-7H3/b15-13-,18-14+. The van der Waals surface area contributed by atoms with Gasteiger partial charge < -0.3 is 14.0 Å². The molecule has 118 valence electrons. The summed E-state index contributed by atoms with van der Waals surface area (Å²) in [6, 6.07) is 0. The molecule has 0 aliphatic heterocycles. The summed E-state index contributed by atoms with van der Waals surface area (Å²) in [5.74, 6) is 0.581. The number of aromatic nitrogens is 2. The molecule has 0 unspecified atom stereocenters. The minimum atomic E-state index is -0.404. The highest BCUT2D eigenvalue weighted by Crippen LogP contribution is 2.20. The van der Waals surface area contributed by atoms with Crippen LogP contribution in [0.3, 0.4) is 0 Å². The number of methoxy groups -OCH3 is 1. The maximum absolute atomic E-state index is 5.79. The van der Waals surface area contributed by atoms with Crippen LogP contribution in [0.5, 0.6) is 0 Å². The maximum atomic E-state index is 5.79. The molecule has 0 bridgehead atoms. The van der Waals surface area contributed by atoms with E-state index in [0.717, 1.165) is 23.5 Å². The van der Waals surface area contributed by atoms with Crippen LogP contribution in [-0.2, 0) is 9.47 Å². The van der Waals surface area contributed by atoms with Crippen molar-refractivity contribution in [1.82, 2.24) is 9.55 Å². The molecule has 0 aliphatic carbocycles. The average molecular weight is 293 g/mol. The number of ether oxygens (including phenoxy) is 2. The third-order valence-electron chi connectivity index (χ3n) is 3.37. The molecule has 0 fully saturated rings. The van der Waals surface area contributed by atoms with Crippen molar-refractivity contribution < 1.29 is 9.47 Å². The average Bonchev–Trinajstić information content (AvgIpc) is 2.85. The van der Waals surface area contributed by atoms with Crippen LogP contribution >= 0.6 is 0 Å². The van der Waals surface area contributed by atoms with E-state index in [4.69, 9.17) is 9.47 Å². The second kappa shape index (κ2) is 7.41. The first-order chi connectivity index (χ1) is 9.85. The lowest BCUT2D eigenvalue weighted by molar-refractivity contribution is 0.0423. The Bertz CT molecular complexity index is 527. The van der Waals surface area contributed by atoms with Gasteiger partial charge in [0.15, 0.2) is 0 Å². The predicted molar refractivity (Wildman–Crippen MR) is 86.3 cm³/mol. The first-order valence-electron chi connectivity index (χ1n) is 7.33. The first-order valence-corrected chi connectivity index (χ1v) is 7.33. The Morgan fingerprint density at radius 3 is 2.48 bits per heavy atom. The molecule has 0 amide bonds. The van der Waals surface area contributed by atoms with Gasteiger partial charge in [-0.3, -0.25) is 0 Å². The minimum absolute atomic E-state index is 0.404. The monoisotopic (exact) mass is 293 g/mol. The Labute approximate surface area is 127 Å². The molecule has 0 radical (unpaired) electrons. The van der Waals surface area contributed by atoms with E-state index in [9.17, 15) is 0 Å². The topological polar surface area (TPSA) is 48.6 Å². The Morgan fingerprint density at radius 1 is 1.38 bits per heavy atom. The van der Waals surface area contributed by atoms with Gasteiger partial charge in [-0.25, -0.2) is 9.98 Å². The summed E-state index contributed by atoms with van der Waals surface area (Å²) >= 11 is 0. The molecule has 1 aromatic heterocycles. The number of imidazole rings is 1. The quantitative estimate of drug-likeness (QED) is 0.569. The summed E-state index contributed by atoms with van der Waals surface area (Å²) in [5.41, 5.74) is 2.41. The second-order valence-electron chi connectivity index (χ2n) is 5.37. The van der Waals surface area contributed by atoms with E-state index in [-0.39, 0.29) is 0 Å². The first kappa shape index (κ1) is 17.4. The van der Waals surface area contributed by atoms with Gasteiger partial charge in [0.2, 0.25) is 5.88 Å². The van der Waals surface area contributed by atoms with Crippen LogP contribution in [0.15, 0.2) is 23.4 Å². The highest BCUT2D eigenvalue weighted by atomic mass is 16.5. The zero-order valence-corrected chi connectivity index (χ0v) is 14.2. The third-order valence-corrected chi connectivity index (χ3v) is 3.37. The van der Waals surface area contributed by atoms with Crippen LogP contribution in [0.25, 0.3) is 5.70 Å². The molecule has 0 atom stereocenters. The fourth-order valence-electron chi connectivity index (χ4n) is 2.20. The van der Waals surface area contributed by atoms with Crippen molar-refractivity contribution in [2.24, 2.45) is 4.99 Å². The van der Waals surface area contributed by atoms with Crippen LogP contribution in [0.4, 0.5) is 0 Å². The van der Waals surface area contributed by atoms with Gasteiger partial charge in [0.1, 0.15) is 5.60 Å². The number of nitrogens with zero attached hydrogens (tertiary/aromatic N) is 3. The van der Waals surface area contributed by atoms with Crippen LogP contribution in [-0.4, -0.2) is 34.6 Å². The molecule has 0 saturated carbocycles. The van der Waals surface area contributed by atoms with E-state index in [1.54, 1.807) is 13.4 Å². The van der Waals surface area contributed by atoms with Crippen molar-refractivity contribution in [1.29, 1.82) is 0 Å². The second-order valence-corrected chi connectivity index (χ2v) is 5.37. The normalized spacial score (nSPS) is 14.1. The highest BCUT2D eigenvalue weighted by molar-refractivity contribution is 5.92. The molecule has 0 N–H and O–H groups in total. The molecule has 5 nitrogen and oxygen atoms in total. The molecule has 21 heavy (non-hydrogen) atoms. The van der Waals surface area contributed by atoms with Crippen LogP contribution in [0.1, 0.15) is 46.7 Å². The minimum Gasteiger partial charge on any atom is -0.480 e. The summed E-state index contributed by atoms with van der Waals surface area (Å²) in [6.07, 6.45) is 4.51. The zero-order valence-electron chi connectivity index (χ0n) is 14.2. The van der Waals surface area contributed by atoms with Gasteiger partial charge in [-0.1, -0.05) is 6.92 Å². The van der Waals surface area contributed by atoms with Crippen molar-refractivity contribution in [3.8, 4) is 0 Å². The molecule has 0 aliphatic rings. The van der Waals surface area contributed by atoms with Crippen molar-refractivity contribution in [2.45, 2.75) is 53.6 Å². The van der Waals surface area contributed by atoms with Crippen LogP contribution in [0, 0.1) is 6.92 Å². The van der Waals surface area contributed by atoms with Gasteiger partial charge >= 0.3 is 0 Å². The Balaban J connectivity index is 3.21. The zero-order chi connectivity index (χ0) is 16.0. The molecule has 0 spiro atoms. The van der Waals surface area contributed by atoms with Crippen LogP contribution in [0.2, 0.25) is 0 Å². The summed E-state index contributed by atoms with van der Waals surface area (Å²) < 4.78 is 13.2. The van der Waals surface area contributed by atoms with Gasteiger partial charge in [0.05, 0.1) is 30.5 Å². The SMILES string of the molecule is CCOC(C)(C)/C(CC)=N/C(OC)=C(\C)n1cnc(C)c1. The van der Waals surface area contributed by atoms with Gasteiger partial charge in [0.25, 0.3) is 0 Å². The number of aryl methyl sites for hydroxylation is 1. The van der Waals surface area contributed by atoms with E-state index in [1.807, 2.05) is 45.4 Å². The van der Waals surface area contributed by atoms with Crippen molar-refractivity contribution >= 4 is 11.4 Å². The fraction of sp³-hybridized carbons (Fsp3) is 0.625. The van der Waals surface area contributed by atoms with Gasteiger partial charge in [-0.2, -0.15) is 0 Å². The highest BCUT2D eigenvalue weighted by Gasteiger charge is 2.24. The number of hydrogen-bond donors (Lipinski definition) is 0. The number of allylic oxidation sites excluding steroid dienone is 1. The van der Waals surface area contributed by atoms with Gasteiger partial charge in [-0.15, -0.1) is 0 Å². The Hall–Kier alpha value is -1.62. The largest absolute Gasteiger partial charge is 0.480 e. The molecule has 1 rings (SSSR count). The summed E-state index contributed by atoms with van der Waals surface area (Å²) in [4.78, 5) is 8.92. The fourth-order valence-corrected chi connectivity index (χ4v) is 2.20. The van der Waals surface area contributed by atoms with Gasteiger partial charge in [0, 0.05) is 12.8 Å². The number of rotatable bonds is 7. The Kier molecular flexibility index (Phi) is 6.15. The number of aliphatic imine (C=N–C) groups is 1. The van der Waals surface area contributed by atoms with Crippen molar-refractivity contribution in [2.75, 3.05) is 13.7 Å². The van der Waals surface area contributed by atoms with Gasteiger partial charge in [-0.05, 0) is 41.0 Å². The molecular weight excluding hydrogens is 266 g/mol. The molecule has 0 saturated heterocycles. The molecule has 0 aromatic carbocycles. The Morgan fingerprint density at radius 2 is 2.05 bits per heavy atom. The summed E-state index contributed by atoms with van der Waals surface area (Å²) in [7, 11) is 1.63. The summed E-state index contributed by atoms with van der Waals surface area (Å²) in [5, 5.41) is 0. The third kappa shape index (κ3) is 4.43. The van der Waals surface area contributed by atoms with Crippen LogP contribution < -0.4 is 0 Å². The summed E-state index contributed by atoms with van der Waals surface area (Å²) in [6.45, 7) is 12.7. The maximum Gasteiger partial charge on any atom is 0.233 e. The predicted octanol–water partition coefficient (Wildman–Crippen LogP) is 3.65. The number of hydrogen-bond acceptors (Lipinski definition) is 4. The van der Waals surface area contributed by atoms with E-state index in [1.165, 1.54) is 0 Å². The van der Waals surface area contributed by atoms with E-state index >= 15 is 0 Å².